The molecule has 2 saturated heterocycles. The molecule has 2 aromatic rings. The maximum Gasteiger partial charge on any atom is 0.414 e. The van der Waals surface area contributed by atoms with Gasteiger partial charge in [-0.05, 0) is 165 Å². The highest BCUT2D eigenvalue weighted by Crippen LogP contribution is 2.40. The highest BCUT2D eigenvalue weighted by atomic mass is 16.5. The molecular formula is C46H68N2O8. The standard InChI is InChI=1S/2C22H33NO2.C2H2O4/c2*1-4-5-6-9-18-16-20(24-15-14-23-12-7-8-13-23)19-10-11-22(2,3)25-21(19)17-18;3-1(4)2(5)6/h2*10-11,16-17H,4-9,12-15H2,1-3H3;(H,3,4)(H,5,6). The van der Waals surface area contributed by atoms with E-state index < -0.39 is 11.9 Å². The fourth-order valence-electron chi connectivity index (χ4n) is 7.28. The van der Waals surface area contributed by atoms with Gasteiger partial charge in [0, 0.05) is 13.1 Å². The number of hydrogen-bond donors (Lipinski definition) is 2. The lowest BCUT2D eigenvalue weighted by molar-refractivity contribution is -0.159. The molecule has 4 aliphatic rings. The number of likely N-dealkylation sites (tertiary alicyclic amines) is 2. The van der Waals surface area contributed by atoms with Crippen molar-refractivity contribution in [1.82, 2.24) is 9.80 Å². The molecule has 0 spiro atoms. The summed E-state index contributed by atoms with van der Waals surface area (Å²) < 4.78 is 24.8. The van der Waals surface area contributed by atoms with Crippen molar-refractivity contribution in [2.75, 3.05) is 52.5 Å². The van der Waals surface area contributed by atoms with Crippen LogP contribution >= 0.6 is 0 Å². The minimum absolute atomic E-state index is 0.248. The fourth-order valence-corrected chi connectivity index (χ4v) is 7.28. The van der Waals surface area contributed by atoms with E-state index in [2.05, 4.69) is 99.9 Å². The number of unbranched alkanes of at least 4 members (excludes halogenated alkanes) is 4. The average Bonchev–Trinajstić information content (AvgIpc) is 3.86. The number of aryl methyl sites for hydroxylation is 2. The Morgan fingerprint density at radius 2 is 1.00 bits per heavy atom. The lowest BCUT2D eigenvalue weighted by Crippen LogP contribution is -2.28. The molecule has 10 nitrogen and oxygen atoms in total. The van der Waals surface area contributed by atoms with E-state index in [9.17, 15) is 0 Å². The van der Waals surface area contributed by atoms with E-state index in [1.807, 2.05) is 0 Å². The van der Waals surface area contributed by atoms with Crippen LogP contribution in [0.15, 0.2) is 36.4 Å². The Bertz CT molecular complexity index is 1500. The van der Waals surface area contributed by atoms with E-state index in [-0.39, 0.29) is 11.2 Å². The lowest BCUT2D eigenvalue weighted by Gasteiger charge is -2.29. The number of ether oxygens (including phenoxy) is 4. The molecule has 0 saturated carbocycles. The van der Waals surface area contributed by atoms with Crippen LogP contribution in [-0.4, -0.2) is 95.6 Å². The molecule has 0 unspecified atom stereocenters. The van der Waals surface area contributed by atoms with Gasteiger partial charge in [-0.25, -0.2) is 9.59 Å². The maximum absolute atomic E-state index is 9.10. The molecule has 6 rings (SSSR count). The van der Waals surface area contributed by atoms with E-state index in [4.69, 9.17) is 38.7 Å². The molecule has 2 aromatic carbocycles. The number of nitrogens with zero attached hydrogens (tertiary/aromatic N) is 2. The minimum Gasteiger partial charge on any atom is -0.491 e. The maximum atomic E-state index is 9.10. The average molecular weight is 777 g/mol. The van der Waals surface area contributed by atoms with Crippen LogP contribution in [0.1, 0.15) is 128 Å². The Morgan fingerprint density at radius 3 is 1.34 bits per heavy atom. The Hall–Kier alpha value is -4.02. The van der Waals surface area contributed by atoms with Gasteiger partial charge in [0.2, 0.25) is 0 Å². The van der Waals surface area contributed by atoms with Gasteiger partial charge in [0.25, 0.3) is 0 Å². The second-order valence-corrected chi connectivity index (χ2v) is 16.4. The number of rotatable bonds is 16. The summed E-state index contributed by atoms with van der Waals surface area (Å²) in [6, 6.07) is 8.88. The minimum atomic E-state index is -1.82. The van der Waals surface area contributed by atoms with Gasteiger partial charge in [-0.2, -0.15) is 0 Å². The first-order valence-electron chi connectivity index (χ1n) is 21.1. The van der Waals surface area contributed by atoms with Gasteiger partial charge in [0.15, 0.2) is 0 Å². The summed E-state index contributed by atoms with van der Waals surface area (Å²) in [5.41, 5.74) is 4.35. The molecule has 0 radical (unpaired) electrons. The molecule has 0 bridgehead atoms. The third kappa shape index (κ3) is 14.8. The summed E-state index contributed by atoms with van der Waals surface area (Å²) in [6.07, 6.45) is 23.6. The van der Waals surface area contributed by atoms with Crippen molar-refractivity contribution >= 4 is 24.1 Å². The van der Waals surface area contributed by atoms with E-state index in [0.717, 1.165) is 73.3 Å². The Morgan fingerprint density at radius 1 is 0.625 bits per heavy atom. The van der Waals surface area contributed by atoms with Gasteiger partial charge in [-0.3, -0.25) is 9.80 Å². The van der Waals surface area contributed by atoms with Gasteiger partial charge in [-0.15, -0.1) is 0 Å². The van der Waals surface area contributed by atoms with Crippen LogP contribution in [-0.2, 0) is 22.4 Å². The molecule has 4 aliphatic heterocycles. The zero-order chi connectivity index (χ0) is 40.6. The van der Waals surface area contributed by atoms with Crippen molar-refractivity contribution in [2.24, 2.45) is 0 Å². The molecule has 0 atom stereocenters. The van der Waals surface area contributed by atoms with Gasteiger partial charge in [0.05, 0.1) is 11.1 Å². The van der Waals surface area contributed by atoms with Crippen molar-refractivity contribution in [3.8, 4) is 23.0 Å². The van der Waals surface area contributed by atoms with Crippen molar-refractivity contribution in [2.45, 2.75) is 130 Å². The normalized spacial score (nSPS) is 17.6. The van der Waals surface area contributed by atoms with Crippen molar-refractivity contribution in [3.63, 3.8) is 0 Å². The topological polar surface area (TPSA) is 118 Å². The summed E-state index contributed by atoms with van der Waals surface area (Å²) in [4.78, 5) is 23.2. The predicted octanol–water partition coefficient (Wildman–Crippen LogP) is 9.31. The zero-order valence-electron chi connectivity index (χ0n) is 35.0. The van der Waals surface area contributed by atoms with Gasteiger partial charge < -0.3 is 29.2 Å². The number of benzene rings is 2. The fraction of sp³-hybridized carbons (Fsp3) is 0.609. The Kier molecular flexibility index (Phi) is 17.6. The molecular weight excluding hydrogens is 709 g/mol. The molecule has 2 N–H and O–H groups in total. The van der Waals surface area contributed by atoms with E-state index in [0.29, 0.717) is 0 Å². The van der Waals surface area contributed by atoms with Crippen molar-refractivity contribution < 1.29 is 38.7 Å². The predicted molar refractivity (Wildman–Crippen MR) is 224 cm³/mol. The van der Waals surface area contributed by atoms with Crippen LogP contribution in [0.25, 0.3) is 12.2 Å². The molecule has 56 heavy (non-hydrogen) atoms. The number of carboxylic acid groups (broad SMARTS) is 2. The third-order valence-electron chi connectivity index (χ3n) is 10.4. The van der Waals surface area contributed by atoms with Crippen LogP contribution in [0.2, 0.25) is 0 Å². The van der Waals surface area contributed by atoms with E-state index >= 15 is 0 Å². The van der Waals surface area contributed by atoms with Crippen LogP contribution in [0.3, 0.4) is 0 Å². The molecule has 0 amide bonds. The molecule has 0 aliphatic carbocycles. The smallest absolute Gasteiger partial charge is 0.414 e. The Balaban J connectivity index is 0.000000217. The van der Waals surface area contributed by atoms with Gasteiger partial charge in [0.1, 0.15) is 47.4 Å². The third-order valence-corrected chi connectivity index (χ3v) is 10.4. The number of hydrogen-bond acceptors (Lipinski definition) is 8. The second-order valence-electron chi connectivity index (χ2n) is 16.4. The van der Waals surface area contributed by atoms with Crippen LogP contribution in [0.5, 0.6) is 23.0 Å². The van der Waals surface area contributed by atoms with Gasteiger partial charge >= 0.3 is 11.9 Å². The SMILES string of the molecule is CCCCCc1cc(OCCN2CCCC2)c2c(c1)OC(C)(C)C=C2.CCCCCc1cc(OCCN2CCCC2)c2c(c1)OC(C)(C)C=C2.O=C(O)C(=O)O. The van der Waals surface area contributed by atoms with Gasteiger partial charge in [-0.1, -0.05) is 39.5 Å². The lowest BCUT2D eigenvalue weighted by atomic mass is 9.98. The summed E-state index contributed by atoms with van der Waals surface area (Å²) in [7, 11) is 0. The first-order valence-corrected chi connectivity index (χ1v) is 21.1. The number of carbonyl (C=O) groups is 2. The van der Waals surface area contributed by atoms with Crippen LogP contribution in [0.4, 0.5) is 0 Å². The number of fused-ring (bicyclic) bond motifs is 2. The van der Waals surface area contributed by atoms with Crippen molar-refractivity contribution in [3.05, 3.63) is 58.7 Å². The second kappa shape index (κ2) is 22.1. The van der Waals surface area contributed by atoms with E-state index in [1.165, 1.54) is 102 Å². The molecule has 10 heteroatoms. The first kappa shape index (κ1) is 44.7. The summed E-state index contributed by atoms with van der Waals surface area (Å²) in [5, 5.41) is 14.8. The highest BCUT2D eigenvalue weighted by molar-refractivity contribution is 6.27. The highest BCUT2D eigenvalue weighted by Gasteiger charge is 2.26. The van der Waals surface area contributed by atoms with E-state index in [1.54, 1.807) is 0 Å². The van der Waals surface area contributed by atoms with Crippen molar-refractivity contribution in [1.29, 1.82) is 0 Å². The molecule has 2 fully saturated rings. The molecule has 0 aromatic heterocycles. The summed E-state index contributed by atoms with van der Waals surface area (Å²) in [5.74, 6) is 0.255. The quantitative estimate of drug-likeness (QED) is 0.126. The zero-order valence-corrected chi connectivity index (χ0v) is 35.0. The Labute approximate surface area is 335 Å². The number of carboxylic acids is 2. The van der Waals surface area contributed by atoms with Crippen LogP contribution < -0.4 is 18.9 Å². The largest absolute Gasteiger partial charge is 0.491 e. The summed E-state index contributed by atoms with van der Waals surface area (Å²) >= 11 is 0. The van der Waals surface area contributed by atoms with Crippen LogP contribution in [0, 0.1) is 0 Å². The molecule has 310 valence electrons. The number of aliphatic carboxylic acids is 2. The summed E-state index contributed by atoms with van der Waals surface area (Å²) in [6.45, 7) is 21.3. The monoisotopic (exact) mass is 776 g/mol. The molecule has 4 heterocycles. The first-order chi connectivity index (χ1) is 26.8.